The predicted octanol–water partition coefficient (Wildman–Crippen LogP) is 2.69. The molecule has 3 N–H and O–H groups in total. The minimum absolute atomic E-state index is 0. The number of hydrogen-bond acceptors (Lipinski definition) is 5. The number of likely N-dealkylation sites (tertiary alicyclic amines) is 1. The Morgan fingerprint density at radius 3 is 2.50 bits per heavy atom. The molecule has 2 aliphatic rings. The molecule has 2 aliphatic heterocycles. The number of rotatable bonds is 6. The summed E-state index contributed by atoms with van der Waals surface area (Å²) >= 11 is 0. The van der Waals surface area contributed by atoms with Gasteiger partial charge in [-0.25, -0.2) is 0 Å². The molecule has 2 fully saturated rings. The van der Waals surface area contributed by atoms with E-state index >= 15 is 0 Å². The van der Waals surface area contributed by atoms with E-state index in [9.17, 15) is 4.79 Å². The van der Waals surface area contributed by atoms with Crippen LogP contribution in [0.15, 0.2) is 24.3 Å². The maximum atomic E-state index is 12.8. The van der Waals surface area contributed by atoms with Crippen molar-refractivity contribution in [2.75, 3.05) is 40.0 Å². The minimum Gasteiger partial charge on any atom is -0.496 e. The summed E-state index contributed by atoms with van der Waals surface area (Å²) in [5.41, 5.74) is 6.64. The Hall–Kier alpha value is -1.05. The number of carbonyl (C=O) groups is 1. The van der Waals surface area contributed by atoms with E-state index in [-0.39, 0.29) is 36.8 Å². The fourth-order valence-corrected chi connectivity index (χ4v) is 3.94. The van der Waals surface area contributed by atoms with Crippen LogP contribution >= 0.6 is 24.8 Å². The number of piperidine rings is 1. The zero-order valence-corrected chi connectivity index (χ0v) is 18.2. The van der Waals surface area contributed by atoms with Gasteiger partial charge < -0.3 is 20.5 Å². The normalized spacial score (nSPS) is 20.2. The van der Waals surface area contributed by atoms with Crippen molar-refractivity contribution in [3.63, 3.8) is 0 Å². The van der Waals surface area contributed by atoms with Crippen molar-refractivity contribution in [2.45, 2.75) is 43.7 Å². The molecule has 1 unspecified atom stereocenters. The molecule has 1 amide bonds. The summed E-state index contributed by atoms with van der Waals surface area (Å²) in [7, 11) is 1.70. The van der Waals surface area contributed by atoms with Gasteiger partial charge in [0.15, 0.2) is 0 Å². The van der Waals surface area contributed by atoms with E-state index in [1.54, 1.807) is 7.11 Å². The topological polar surface area (TPSA) is 76.8 Å². The third kappa shape index (κ3) is 5.97. The molecule has 160 valence electrons. The molecule has 0 aromatic heterocycles. The molecule has 2 saturated heterocycles. The van der Waals surface area contributed by atoms with Crippen LogP contribution in [0.25, 0.3) is 0 Å². The molecule has 0 spiro atoms. The predicted molar refractivity (Wildman–Crippen MR) is 116 cm³/mol. The first kappa shape index (κ1) is 25.0. The van der Waals surface area contributed by atoms with Crippen molar-refractivity contribution in [1.29, 1.82) is 0 Å². The van der Waals surface area contributed by atoms with Crippen molar-refractivity contribution in [1.82, 2.24) is 10.2 Å². The first-order valence-electron chi connectivity index (χ1n) is 9.66. The second-order valence-corrected chi connectivity index (χ2v) is 7.33. The van der Waals surface area contributed by atoms with E-state index in [0.29, 0.717) is 32.6 Å². The number of ether oxygens (including phenoxy) is 2. The Morgan fingerprint density at radius 1 is 1.21 bits per heavy atom. The number of nitrogens with zero attached hydrogens (tertiary/aromatic N) is 1. The van der Waals surface area contributed by atoms with Gasteiger partial charge in [-0.15, -0.1) is 24.8 Å². The van der Waals surface area contributed by atoms with Crippen LogP contribution in [0.2, 0.25) is 0 Å². The van der Waals surface area contributed by atoms with Crippen LogP contribution in [0, 0.1) is 0 Å². The molecule has 1 aromatic rings. The lowest BCUT2D eigenvalue weighted by Crippen LogP contribution is -2.57. The van der Waals surface area contributed by atoms with Crippen LogP contribution in [-0.4, -0.2) is 56.3 Å². The van der Waals surface area contributed by atoms with Crippen LogP contribution in [0.1, 0.15) is 43.7 Å². The van der Waals surface area contributed by atoms with Crippen LogP contribution in [0.3, 0.4) is 0 Å². The van der Waals surface area contributed by atoms with Gasteiger partial charge in [0.2, 0.25) is 5.91 Å². The summed E-state index contributed by atoms with van der Waals surface area (Å²) in [6.07, 6.45) is 4.80. The van der Waals surface area contributed by atoms with Gasteiger partial charge in [0, 0.05) is 25.3 Å². The summed E-state index contributed by atoms with van der Waals surface area (Å²) in [6, 6.07) is 8.18. The molecule has 6 nitrogen and oxygen atoms in total. The number of nitrogens with two attached hydrogens (primary N) is 1. The summed E-state index contributed by atoms with van der Waals surface area (Å²) < 4.78 is 10.9. The van der Waals surface area contributed by atoms with E-state index in [1.165, 1.54) is 19.3 Å². The monoisotopic (exact) mass is 433 g/mol. The average Bonchev–Trinajstić information content (AvgIpc) is 2.69. The number of methoxy groups -OCH3 is 1. The fourth-order valence-electron chi connectivity index (χ4n) is 3.94. The van der Waals surface area contributed by atoms with Gasteiger partial charge in [-0.3, -0.25) is 9.69 Å². The second-order valence-electron chi connectivity index (χ2n) is 7.33. The van der Waals surface area contributed by atoms with E-state index in [0.717, 1.165) is 24.4 Å². The smallest absolute Gasteiger partial charge is 0.240 e. The summed E-state index contributed by atoms with van der Waals surface area (Å²) in [6.45, 7) is 3.72. The molecule has 0 bridgehead atoms. The van der Waals surface area contributed by atoms with Crippen molar-refractivity contribution in [3.05, 3.63) is 29.8 Å². The first-order chi connectivity index (χ1) is 12.6. The van der Waals surface area contributed by atoms with Crippen molar-refractivity contribution < 1.29 is 14.3 Å². The highest BCUT2D eigenvalue weighted by Crippen LogP contribution is 2.31. The SMILES string of the molecule is COc1ccccc1C(CNC(=O)C1(N)CCOCC1)N1CCCCC1.Cl.Cl. The van der Waals surface area contributed by atoms with Gasteiger partial charge in [0.05, 0.1) is 18.7 Å². The van der Waals surface area contributed by atoms with Crippen LogP contribution < -0.4 is 15.8 Å². The summed E-state index contributed by atoms with van der Waals surface area (Å²) in [4.78, 5) is 15.2. The van der Waals surface area contributed by atoms with Crippen molar-refractivity contribution >= 4 is 30.7 Å². The molecule has 0 aliphatic carbocycles. The van der Waals surface area contributed by atoms with Gasteiger partial charge >= 0.3 is 0 Å². The number of para-hydroxylation sites is 1. The highest BCUT2D eigenvalue weighted by molar-refractivity contribution is 5.86. The zero-order chi connectivity index (χ0) is 18.4. The Balaban J connectivity index is 0.00000196. The third-order valence-electron chi connectivity index (χ3n) is 5.62. The lowest BCUT2D eigenvalue weighted by atomic mass is 9.90. The largest absolute Gasteiger partial charge is 0.496 e. The maximum Gasteiger partial charge on any atom is 0.240 e. The number of carbonyl (C=O) groups excluding carboxylic acids is 1. The van der Waals surface area contributed by atoms with Crippen molar-refractivity contribution in [2.24, 2.45) is 5.73 Å². The zero-order valence-electron chi connectivity index (χ0n) is 16.5. The molecule has 8 heteroatoms. The van der Waals surface area contributed by atoms with Gasteiger partial charge in [0.1, 0.15) is 5.75 Å². The Labute approximate surface area is 180 Å². The van der Waals surface area contributed by atoms with E-state index in [4.69, 9.17) is 15.2 Å². The van der Waals surface area contributed by atoms with E-state index in [2.05, 4.69) is 16.3 Å². The molecular formula is C20H33Cl2N3O3. The molecular weight excluding hydrogens is 401 g/mol. The molecule has 0 saturated carbocycles. The lowest BCUT2D eigenvalue weighted by Gasteiger charge is -2.37. The molecule has 1 atom stereocenters. The van der Waals surface area contributed by atoms with Gasteiger partial charge in [-0.2, -0.15) is 0 Å². The molecule has 2 heterocycles. The standard InChI is InChI=1S/C20H31N3O3.2ClH/c1-25-18-8-4-3-7-16(18)17(23-11-5-2-6-12-23)15-22-19(24)20(21)9-13-26-14-10-20;;/h3-4,7-8,17H,2,5-6,9-15,21H2,1H3,(H,22,24);2*1H. The van der Waals surface area contributed by atoms with E-state index < -0.39 is 5.54 Å². The summed E-state index contributed by atoms with van der Waals surface area (Å²) in [5, 5.41) is 3.12. The highest BCUT2D eigenvalue weighted by atomic mass is 35.5. The molecule has 3 rings (SSSR count). The maximum absolute atomic E-state index is 12.8. The number of benzene rings is 1. The second kappa shape index (κ2) is 11.8. The Morgan fingerprint density at radius 2 is 1.86 bits per heavy atom. The van der Waals surface area contributed by atoms with Gasteiger partial charge in [-0.1, -0.05) is 24.6 Å². The summed E-state index contributed by atoms with van der Waals surface area (Å²) in [5.74, 6) is 0.795. The highest BCUT2D eigenvalue weighted by Gasteiger charge is 2.36. The lowest BCUT2D eigenvalue weighted by molar-refractivity contribution is -0.130. The van der Waals surface area contributed by atoms with Gasteiger partial charge in [0.25, 0.3) is 0 Å². The van der Waals surface area contributed by atoms with Crippen molar-refractivity contribution in [3.8, 4) is 5.75 Å². The number of halogens is 2. The van der Waals surface area contributed by atoms with Crippen LogP contribution in [0.5, 0.6) is 5.75 Å². The third-order valence-corrected chi connectivity index (χ3v) is 5.62. The number of amides is 1. The van der Waals surface area contributed by atoms with Crippen LogP contribution in [0.4, 0.5) is 0 Å². The Kier molecular flexibility index (Phi) is 10.6. The average molecular weight is 434 g/mol. The number of nitrogens with one attached hydrogen (secondary N) is 1. The quantitative estimate of drug-likeness (QED) is 0.720. The van der Waals surface area contributed by atoms with Gasteiger partial charge in [-0.05, 0) is 44.8 Å². The first-order valence-corrected chi connectivity index (χ1v) is 9.66. The Bertz CT molecular complexity index is 606. The molecule has 0 radical (unpaired) electrons. The fraction of sp³-hybridized carbons (Fsp3) is 0.650. The van der Waals surface area contributed by atoms with E-state index in [1.807, 2.05) is 18.2 Å². The number of hydrogen-bond donors (Lipinski definition) is 2. The minimum atomic E-state index is -0.814. The molecule has 1 aromatic carbocycles. The van der Waals surface area contributed by atoms with Crippen LogP contribution in [-0.2, 0) is 9.53 Å². The molecule has 28 heavy (non-hydrogen) atoms.